The van der Waals surface area contributed by atoms with E-state index in [0.29, 0.717) is 24.5 Å². The molecule has 13 heteroatoms. The Morgan fingerprint density at radius 1 is 1.00 bits per heavy atom. The highest BCUT2D eigenvalue weighted by Gasteiger charge is 2.50. The third-order valence-corrected chi connectivity index (χ3v) is 9.59. The Hall–Kier alpha value is -1.76. The molecule has 0 bridgehead atoms. The van der Waals surface area contributed by atoms with E-state index in [-0.39, 0.29) is 23.4 Å². The molecule has 0 aromatic heterocycles. The third kappa shape index (κ3) is 5.55. The molecule has 1 saturated carbocycles. The number of carbonyl (C=O) groups excluding carboxylic acids is 1. The molecule has 1 amide bonds. The van der Waals surface area contributed by atoms with E-state index in [9.17, 15) is 39.6 Å². The fourth-order valence-electron chi connectivity index (χ4n) is 4.73. The summed E-state index contributed by atoms with van der Waals surface area (Å²) in [5.41, 5.74) is -3.52. The van der Waals surface area contributed by atoms with Gasteiger partial charge in [-0.2, -0.15) is 31.3 Å². The number of amidine groups is 1. The molecule has 1 aromatic rings. The fraction of sp³-hybridized carbons (Fsp3) is 0.619. The lowest BCUT2D eigenvalue weighted by molar-refractivity contribution is -0.143. The van der Waals surface area contributed by atoms with Crippen molar-refractivity contribution in [3.63, 3.8) is 0 Å². The molecule has 4 rings (SSSR count). The van der Waals surface area contributed by atoms with E-state index in [0.717, 1.165) is 42.3 Å². The normalized spacial score (nSPS) is 26.4. The Morgan fingerprint density at radius 2 is 1.59 bits per heavy atom. The summed E-state index contributed by atoms with van der Waals surface area (Å²) in [6.07, 6.45) is -5.18. The van der Waals surface area contributed by atoms with Crippen molar-refractivity contribution < 1.29 is 39.6 Å². The van der Waals surface area contributed by atoms with Gasteiger partial charge in [0.15, 0.2) is 15.0 Å². The zero-order valence-corrected chi connectivity index (χ0v) is 19.5. The smallest absolute Gasteiger partial charge is 0.316 e. The number of sulfone groups is 1. The van der Waals surface area contributed by atoms with E-state index in [2.05, 4.69) is 4.99 Å². The maximum absolute atomic E-state index is 13.4. The van der Waals surface area contributed by atoms with Crippen molar-refractivity contribution in [1.82, 2.24) is 0 Å². The Labute approximate surface area is 196 Å². The fourth-order valence-corrected chi connectivity index (χ4v) is 8.66. The van der Waals surface area contributed by atoms with Crippen LogP contribution in [0.15, 0.2) is 23.2 Å². The van der Waals surface area contributed by atoms with Gasteiger partial charge in [0, 0.05) is 17.4 Å². The highest BCUT2D eigenvalue weighted by Crippen LogP contribution is 2.44. The van der Waals surface area contributed by atoms with E-state index in [1.54, 1.807) is 0 Å². The summed E-state index contributed by atoms with van der Waals surface area (Å²) in [4.78, 5) is 17.6. The number of nitrogens with zero attached hydrogens (tertiary/aromatic N) is 2. The summed E-state index contributed by atoms with van der Waals surface area (Å²) >= 11 is 0.913. The highest BCUT2D eigenvalue weighted by molar-refractivity contribution is 8.16. The Kier molecular flexibility index (Phi) is 6.73. The summed E-state index contributed by atoms with van der Waals surface area (Å²) in [5, 5.41) is -0.705. The Morgan fingerprint density at radius 3 is 2.15 bits per heavy atom. The number of benzene rings is 1. The summed E-state index contributed by atoms with van der Waals surface area (Å²) in [5.74, 6) is -0.861. The van der Waals surface area contributed by atoms with Gasteiger partial charge in [-0.3, -0.25) is 4.79 Å². The van der Waals surface area contributed by atoms with Crippen LogP contribution in [0.2, 0.25) is 0 Å². The van der Waals surface area contributed by atoms with Crippen LogP contribution in [-0.4, -0.2) is 42.3 Å². The Balaban J connectivity index is 1.71. The quantitative estimate of drug-likeness (QED) is 0.497. The molecule has 188 valence electrons. The van der Waals surface area contributed by atoms with Gasteiger partial charge >= 0.3 is 12.4 Å². The molecule has 1 aliphatic carbocycles. The first kappa shape index (κ1) is 25.3. The highest BCUT2D eigenvalue weighted by atomic mass is 32.2. The van der Waals surface area contributed by atoms with Gasteiger partial charge in [-0.05, 0) is 30.5 Å². The van der Waals surface area contributed by atoms with Gasteiger partial charge in [0.1, 0.15) is 0 Å². The molecule has 0 N–H and O–H groups in total. The van der Waals surface area contributed by atoms with Gasteiger partial charge in [-0.1, -0.05) is 37.4 Å². The van der Waals surface area contributed by atoms with Crippen LogP contribution in [0.1, 0.15) is 49.7 Å². The topological polar surface area (TPSA) is 66.8 Å². The number of alkyl halides is 6. The summed E-state index contributed by atoms with van der Waals surface area (Å²) in [6.45, 7) is 0. The maximum atomic E-state index is 13.4. The Bertz CT molecular complexity index is 1060. The molecular formula is C21H22F6N2O3S2. The van der Waals surface area contributed by atoms with Crippen molar-refractivity contribution in [1.29, 1.82) is 0 Å². The van der Waals surface area contributed by atoms with Crippen molar-refractivity contribution in [2.24, 2.45) is 10.9 Å². The zero-order valence-electron chi connectivity index (χ0n) is 17.8. The number of anilines is 1. The predicted octanol–water partition coefficient (Wildman–Crippen LogP) is 5.30. The van der Waals surface area contributed by atoms with Crippen molar-refractivity contribution >= 4 is 38.4 Å². The van der Waals surface area contributed by atoms with Crippen molar-refractivity contribution in [2.75, 3.05) is 16.4 Å². The van der Waals surface area contributed by atoms with E-state index >= 15 is 0 Å². The molecule has 2 aliphatic heterocycles. The van der Waals surface area contributed by atoms with Crippen LogP contribution < -0.4 is 4.90 Å². The standard InChI is InChI=1S/C21H22F6N2O3S2/c22-20(23,24)13-7-14(21(25,26)27)9-15(8-13)29-16-10-34(31,32)11-17(16)33-19(29)28-18(30)6-5-12-3-1-2-4-12/h7-9,12,16-17H,1-6,10-11H2. The number of hydrogen-bond acceptors (Lipinski definition) is 4. The van der Waals surface area contributed by atoms with Gasteiger partial charge < -0.3 is 4.90 Å². The lowest BCUT2D eigenvalue weighted by Gasteiger charge is -2.26. The van der Waals surface area contributed by atoms with E-state index in [1.165, 1.54) is 0 Å². The molecule has 2 unspecified atom stereocenters. The molecule has 0 radical (unpaired) electrons. The average molecular weight is 529 g/mol. The molecule has 34 heavy (non-hydrogen) atoms. The van der Waals surface area contributed by atoms with Crippen LogP contribution >= 0.6 is 11.8 Å². The summed E-state index contributed by atoms with van der Waals surface area (Å²) < 4.78 is 105. The number of halogens is 6. The minimum Gasteiger partial charge on any atom is -0.316 e. The molecule has 2 heterocycles. The first-order valence-electron chi connectivity index (χ1n) is 10.8. The lowest BCUT2D eigenvalue weighted by atomic mass is 10.0. The van der Waals surface area contributed by atoms with Crippen LogP contribution in [0.25, 0.3) is 0 Å². The van der Waals surface area contributed by atoms with E-state index in [1.807, 2.05) is 0 Å². The second kappa shape index (κ2) is 9.03. The van der Waals surface area contributed by atoms with Crippen LogP contribution in [-0.2, 0) is 27.0 Å². The zero-order chi connectivity index (χ0) is 24.9. The van der Waals surface area contributed by atoms with Gasteiger partial charge in [0.05, 0.1) is 28.7 Å². The molecule has 2 atom stereocenters. The number of rotatable bonds is 4. The van der Waals surface area contributed by atoms with Gasteiger partial charge in [0.2, 0.25) is 5.91 Å². The number of hydrogen-bond donors (Lipinski definition) is 0. The molecule has 3 fully saturated rings. The van der Waals surface area contributed by atoms with Crippen LogP contribution in [0.4, 0.5) is 32.0 Å². The number of carbonyl (C=O) groups is 1. The minimum absolute atomic E-state index is 0.0131. The summed E-state index contributed by atoms with van der Waals surface area (Å²) in [6, 6.07) is 0.184. The lowest BCUT2D eigenvalue weighted by Crippen LogP contribution is -2.38. The van der Waals surface area contributed by atoms with Crippen LogP contribution in [0, 0.1) is 5.92 Å². The monoisotopic (exact) mass is 528 g/mol. The van der Waals surface area contributed by atoms with E-state index in [4.69, 9.17) is 0 Å². The molecule has 1 aromatic carbocycles. The largest absolute Gasteiger partial charge is 0.416 e. The second-order valence-electron chi connectivity index (χ2n) is 8.91. The van der Waals surface area contributed by atoms with Crippen LogP contribution in [0.5, 0.6) is 0 Å². The molecule has 0 spiro atoms. The number of thioether (sulfide) groups is 1. The van der Waals surface area contributed by atoms with Gasteiger partial charge in [-0.25, -0.2) is 8.42 Å². The minimum atomic E-state index is -5.06. The summed E-state index contributed by atoms with van der Waals surface area (Å²) in [7, 11) is -3.54. The number of aliphatic imine (C=N–C) groups is 1. The molecule has 2 saturated heterocycles. The number of fused-ring (bicyclic) bond motifs is 1. The second-order valence-corrected chi connectivity index (χ2v) is 12.3. The van der Waals surface area contributed by atoms with Crippen LogP contribution in [0.3, 0.4) is 0 Å². The molecule has 3 aliphatic rings. The first-order chi connectivity index (χ1) is 15.7. The van der Waals surface area contributed by atoms with Gasteiger partial charge in [0.25, 0.3) is 0 Å². The third-order valence-electron chi connectivity index (χ3n) is 6.38. The first-order valence-corrected chi connectivity index (χ1v) is 13.5. The SMILES string of the molecule is O=C(CCC1CCCC1)N=C1SC2CS(=O)(=O)CC2N1c1cc(C(F)(F)F)cc(C(F)(F)F)c1. The van der Waals surface area contributed by atoms with Crippen molar-refractivity contribution in [2.45, 2.75) is 62.2 Å². The maximum Gasteiger partial charge on any atom is 0.416 e. The predicted molar refractivity (Wildman–Crippen MR) is 116 cm³/mol. The van der Waals surface area contributed by atoms with E-state index < -0.39 is 62.0 Å². The van der Waals surface area contributed by atoms with Crippen molar-refractivity contribution in [3.05, 3.63) is 29.3 Å². The van der Waals surface area contributed by atoms with Crippen molar-refractivity contribution in [3.8, 4) is 0 Å². The number of amides is 1. The molecule has 5 nitrogen and oxygen atoms in total. The average Bonchev–Trinajstić information content (AvgIpc) is 3.39. The van der Waals surface area contributed by atoms with Gasteiger partial charge in [-0.15, -0.1) is 0 Å². The molecular weight excluding hydrogens is 506 g/mol.